The molecule has 1 amide bonds. The molecule has 1 heterocycles. The van der Waals surface area contributed by atoms with Gasteiger partial charge in [-0.15, -0.1) is 0 Å². The number of hydrogen-bond donors (Lipinski definition) is 2. The van der Waals surface area contributed by atoms with Crippen LogP contribution in [0.1, 0.15) is 32.8 Å². The average Bonchev–Trinajstić information content (AvgIpc) is 3.10. The van der Waals surface area contributed by atoms with Crippen molar-refractivity contribution in [1.29, 1.82) is 0 Å². The topological polar surface area (TPSA) is 75.2 Å². The lowest BCUT2D eigenvalue weighted by atomic mass is 10.1. The summed E-state index contributed by atoms with van der Waals surface area (Å²) in [7, 11) is 0. The second-order valence-electron chi connectivity index (χ2n) is 5.94. The Bertz CT molecular complexity index is 615. The highest BCUT2D eigenvalue weighted by molar-refractivity contribution is 5.80. The molecule has 2 N–H and O–H groups in total. The molecule has 0 saturated carbocycles. The smallest absolute Gasteiger partial charge is 0.231 e. The van der Waals surface area contributed by atoms with Crippen LogP contribution in [0.3, 0.4) is 0 Å². The van der Waals surface area contributed by atoms with Crippen LogP contribution in [0.4, 0.5) is 0 Å². The predicted molar refractivity (Wildman–Crippen MR) is 103 cm³/mol. The average molecular weight is 362 g/mol. The van der Waals surface area contributed by atoms with Crippen LogP contribution < -0.4 is 20.1 Å². The number of nitrogens with one attached hydrogen (secondary N) is 2. The molecular weight excluding hydrogens is 332 g/mol. The number of hydrogen-bond acceptors (Lipinski definition) is 4. The van der Waals surface area contributed by atoms with Crippen molar-refractivity contribution in [3.8, 4) is 11.5 Å². The molecule has 0 fully saturated rings. The number of benzene rings is 1. The molecule has 2 rings (SSSR count). The molecule has 0 bridgehead atoms. The van der Waals surface area contributed by atoms with Gasteiger partial charge in [0.1, 0.15) is 0 Å². The van der Waals surface area contributed by atoms with Crippen molar-refractivity contribution in [3.05, 3.63) is 23.8 Å². The molecule has 7 nitrogen and oxygen atoms in total. The molecule has 0 aliphatic carbocycles. The van der Waals surface area contributed by atoms with Crippen molar-refractivity contribution in [2.45, 2.75) is 33.6 Å². The standard InChI is InChI=1S/C19H30N4O3/c1-4-20-19(22-12-10-18(24)23(5-2)6-3)21-11-9-15-7-8-16-17(13-15)26-14-25-16/h7-8,13H,4-6,9-12,14H2,1-3H3,(H2,20,21,22). The third kappa shape index (κ3) is 5.82. The monoisotopic (exact) mass is 362 g/mol. The number of carbonyl (C=O) groups excluding carboxylic acids is 1. The minimum absolute atomic E-state index is 0.148. The number of amides is 1. The molecule has 7 heteroatoms. The third-order valence-corrected chi connectivity index (χ3v) is 4.20. The Morgan fingerprint density at radius 3 is 2.65 bits per heavy atom. The summed E-state index contributed by atoms with van der Waals surface area (Å²) in [6.07, 6.45) is 1.28. The summed E-state index contributed by atoms with van der Waals surface area (Å²) in [6.45, 7) is 9.79. The van der Waals surface area contributed by atoms with Gasteiger partial charge in [0.05, 0.1) is 6.54 Å². The lowest BCUT2D eigenvalue weighted by Crippen LogP contribution is -2.38. The van der Waals surface area contributed by atoms with E-state index in [1.54, 1.807) is 0 Å². The van der Waals surface area contributed by atoms with Crippen LogP contribution in [0, 0.1) is 0 Å². The number of rotatable bonds is 9. The minimum Gasteiger partial charge on any atom is -0.454 e. The summed E-state index contributed by atoms with van der Waals surface area (Å²) in [4.78, 5) is 18.4. The number of carbonyl (C=O) groups is 1. The molecule has 144 valence electrons. The fraction of sp³-hybridized carbons (Fsp3) is 0.579. The highest BCUT2D eigenvalue weighted by atomic mass is 16.7. The van der Waals surface area contributed by atoms with Crippen LogP contribution in [0.15, 0.2) is 23.2 Å². The van der Waals surface area contributed by atoms with Gasteiger partial charge < -0.3 is 25.0 Å². The molecule has 0 atom stereocenters. The Labute approximate surface area is 155 Å². The van der Waals surface area contributed by atoms with Crippen molar-refractivity contribution in [1.82, 2.24) is 15.5 Å². The van der Waals surface area contributed by atoms with Crippen LogP contribution >= 0.6 is 0 Å². The van der Waals surface area contributed by atoms with E-state index in [0.29, 0.717) is 19.8 Å². The number of ether oxygens (including phenoxy) is 2. The SMILES string of the molecule is CCNC(=NCCC(=O)N(CC)CC)NCCc1ccc2c(c1)OCO2. The summed E-state index contributed by atoms with van der Waals surface area (Å²) in [6, 6.07) is 5.99. The van der Waals surface area contributed by atoms with Gasteiger partial charge in [0.15, 0.2) is 17.5 Å². The number of aliphatic imine (C=N–C) groups is 1. The summed E-state index contributed by atoms with van der Waals surface area (Å²) in [5.41, 5.74) is 1.18. The minimum atomic E-state index is 0.148. The molecule has 1 aliphatic heterocycles. The Morgan fingerprint density at radius 1 is 1.15 bits per heavy atom. The maximum atomic E-state index is 12.0. The van der Waals surface area contributed by atoms with Gasteiger partial charge in [-0.3, -0.25) is 9.79 Å². The van der Waals surface area contributed by atoms with Crippen LogP contribution in [-0.4, -0.2) is 56.3 Å². The molecule has 1 aromatic rings. The van der Waals surface area contributed by atoms with Crippen molar-refractivity contribution >= 4 is 11.9 Å². The molecule has 0 unspecified atom stereocenters. The van der Waals surface area contributed by atoms with E-state index >= 15 is 0 Å². The van der Waals surface area contributed by atoms with Gasteiger partial charge in [-0.25, -0.2) is 0 Å². The van der Waals surface area contributed by atoms with Gasteiger partial charge in [0, 0.05) is 32.6 Å². The fourth-order valence-corrected chi connectivity index (χ4v) is 2.76. The third-order valence-electron chi connectivity index (χ3n) is 4.20. The zero-order valence-electron chi connectivity index (χ0n) is 16.0. The van der Waals surface area contributed by atoms with E-state index in [1.165, 1.54) is 5.56 Å². The maximum absolute atomic E-state index is 12.0. The molecule has 0 spiro atoms. The molecule has 0 aromatic heterocycles. The normalized spacial score (nSPS) is 12.8. The van der Waals surface area contributed by atoms with E-state index in [0.717, 1.165) is 50.1 Å². The van der Waals surface area contributed by atoms with Crippen molar-refractivity contribution < 1.29 is 14.3 Å². The first-order chi connectivity index (χ1) is 12.7. The van der Waals surface area contributed by atoms with E-state index in [4.69, 9.17) is 9.47 Å². The van der Waals surface area contributed by atoms with E-state index < -0.39 is 0 Å². The Hall–Kier alpha value is -2.44. The first-order valence-electron chi connectivity index (χ1n) is 9.36. The van der Waals surface area contributed by atoms with Gasteiger partial charge >= 0.3 is 0 Å². The van der Waals surface area contributed by atoms with E-state index in [2.05, 4.69) is 15.6 Å². The number of guanidine groups is 1. The maximum Gasteiger partial charge on any atom is 0.231 e. The highest BCUT2D eigenvalue weighted by Crippen LogP contribution is 2.32. The van der Waals surface area contributed by atoms with Crippen LogP contribution in [0.25, 0.3) is 0 Å². The molecule has 1 aromatic carbocycles. The van der Waals surface area contributed by atoms with Crippen molar-refractivity contribution in [3.63, 3.8) is 0 Å². The zero-order valence-corrected chi connectivity index (χ0v) is 16.0. The first kappa shape index (κ1) is 19.9. The summed E-state index contributed by atoms with van der Waals surface area (Å²) in [5, 5.41) is 6.52. The van der Waals surface area contributed by atoms with Crippen LogP contribution in [0.5, 0.6) is 11.5 Å². The summed E-state index contributed by atoms with van der Waals surface area (Å²) >= 11 is 0. The van der Waals surface area contributed by atoms with Crippen molar-refractivity contribution in [2.75, 3.05) is 39.5 Å². The van der Waals surface area contributed by atoms with E-state index in [1.807, 2.05) is 43.9 Å². The van der Waals surface area contributed by atoms with E-state index in [9.17, 15) is 4.79 Å². The van der Waals surface area contributed by atoms with E-state index in [-0.39, 0.29) is 5.91 Å². The van der Waals surface area contributed by atoms with Crippen LogP contribution in [0.2, 0.25) is 0 Å². The molecule has 0 saturated heterocycles. The molecule has 0 radical (unpaired) electrons. The largest absolute Gasteiger partial charge is 0.454 e. The first-order valence-corrected chi connectivity index (χ1v) is 9.36. The Morgan fingerprint density at radius 2 is 1.92 bits per heavy atom. The lowest BCUT2D eigenvalue weighted by Gasteiger charge is -2.18. The highest BCUT2D eigenvalue weighted by Gasteiger charge is 2.13. The van der Waals surface area contributed by atoms with Gasteiger partial charge in [0.25, 0.3) is 0 Å². The summed E-state index contributed by atoms with van der Waals surface area (Å²) in [5.74, 6) is 2.49. The molecule has 1 aliphatic rings. The Kier molecular flexibility index (Phi) is 8.05. The van der Waals surface area contributed by atoms with Crippen molar-refractivity contribution in [2.24, 2.45) is 4.99 Å². The quantitative estimate of drug-likeness (QED) is 0.517. The zero-order chi connectivity index (χ0) is 18.8. The fourth-order valence-electron chi connectivity index (χ4n) is 2.76. The van der Waals surface area contributed by atoms with Gasteiger partial charge in [0.2, 0.25) is 12.7 Å². The number of nitrogens with zero attached hydrogens (tertiary/aromatic N) is 2. The second kappa shape index (κ2) is 10.5. The lowest BCUT2D eigenvalue weighted by molar-refractivity contribution is -0.130. The van der Waals surface area contributed by atoms with Gasteiger partial charge in [-0.1, -0.05) is 6.07 Å². The van der Waals surface area contributed by atoms with Crippen LogP contribution in [-0.2, 0) is 11.2 Å². The number of fused-ring (bicyclic) bond motifs is 1. The second-order valence-corrected chi connectivity index (χ2v) is 5.94. The van der Waals surface area contributed by atoms with Gasteiger partial charge in [-0.2, -0.15) is 0 Å². The predicted octanol–water partition coefficient (Wildman–Crippen LogP) is 1.77. The summed E-state index contributed by atoms with van der Waals surface area (Å²) < 4.78 is 10.7. The van der Waals surface area contributed by atoms with Gasteiger partial charge in [-0.05, 0) is 44.9 Å². The molecular formula is C19H30N4O3. The Balaban J connectivity index is 1.79. The molecule has 26 heavy (non-hydrogen) atoms.